The van der Waals surface area contributed by atoms with E-state index < -0.39 is 11.6 Å². The lowest BCUT2D eigenvalue weighted by Gasteiger charge is -2.28. The van der Waals surface area contributed by atoms with Gasteiger partial charge in [0.25, 0.3) is 11.8 Å². The van der Waals surface area contributed by atoms with Crippen LogP contribution < -0.4 is 16.0 Å². The predicted octanol–water partition coefficient (Wildman–Crippen LogP) is 2.19. The molecule has 1 aliphatic carbocycles. The summed E-state index contributed by atoms with van der Waals surface area (Å²) < 4.78 is 5.54. The molecule has 4 rings (SSSR count). The molecule has 2 heterocycles. The van der Waals surface area contributed by atoms with E-state index in [2.05, 4.69) is 16.0 Å². The van der Waals surface area contributed by atoms with Crippen molar-refractivity contribution in [3.05, 3.63) is 35.0 Å². The summed E-state index contributed by atoms with van der Waals surface area (Å²) >= 11 is 5.93. The second kappa shape index (κ2) is 5.77. The van der Waals surface area contributed by atoms with Crippen molar-refractivity contribution in [3.8, 4) is 0 Å². The van der Waals surface area contributed by atoms with Crippen molar-refractivity contribution < 1.29 is 18.8 Å². The van der Waals surface area contributed by atoms with Gasteiger partial charge < -0.3 is 15.1 Å². The van der Waals surface area contributed by atoms with Crippen molar-refractivity contribution in [2.75, 3.05) is 6.54 Å². The molecule has 1 spiro atoms. The Labute approximate surface area is 148 Å². The minimum Gasteiger partial charge on any atom is -0.451 e. The van der Waals surface area contributed by atoms with E-state index in [1.807, 2.05) is 0 Å². The number of nitrogens with one attached hydrogen (secondary N) is 3. The number of carbonyl (C=O) groups is 3. The second-order valence-corrected chi connectivity index (χ2v) is 6.91. The summed E-state index contributed by atoms with van der Waals surface area (Å²) in [6.45, 7) is 0.282. The second-order valence-electron chi connectivity index (χ2n) is 6.47. The summed E-state index contributed by atoms with van der Waals surface area (Å²) in [7, 11) is 0. The Morgan fingerprint density at radius 2 is 2.20 bits per heavy atom. The predicted molar refractivity (Wildman–Crippen MR) is 90.3 cm³/mol. The fraction of sp³-hybridized carbons (Fsp3) is 0.353. The van der Waals surface area contributed by atoms with Gasteiger partial charge in [-0.3, -0.25) is 14.9 Å². The number of carbonyl (C=O) groups excluding carboxylic acids is 3. The first kappa shape index (κ1) is 16.0. The molecule has 4 amide bonds. The zero-order valence-corrected chi connectivity index (χ0v) is 14.0. The first-order valence-corrected chi connectivity index (χ1v) is 8.47. The van der Waals surface area contributed by atoms with Crippen molar-refractivity contribution >= 4 is 40.4 Å². The third-order valence-corrected chi connectivity index (χ3v) is 5.24. The number of urea groups is 1. The number of imide groups is 1. The SMILES string of the molecule is O=C1NC(=O)C2(CCCC2CNC(=O)c2cc3cc(Cl)ccc3o2)N1. The van der Waals surface area contributed by atoms with Crippen LogP contribution in [-0.2, 0) is 4.79 Å². The highest BCUT2D eigenvalue weighted by Crippen LogP contribution is 2.37. The summed E-state index contributed by atoms with van der Waals surface area (Å²) in [5.41, 5.74) is -0.333. The Bertz CT molecular complexity index is 893. The topological polar surface area (TPSA) is 100 Å². The molecule has 8 heteroatoms. The molecule has 2 atom stereocenters. The van der Waals surface area contributed by atoms with Crippen molar-refractivity contribution in [2.24, 2.45) is 5.92 Å². The Morgan fingerprint density at radius 3 is 2.96 bits per heavy atom. The molecular weight excluding hydrogens is 346 g/mol. The van der Waals surface area contributed by atoms with Crippen molar-refractivity contribution in [1.82, 2.24) is 16.0 Å². The van der Waals surface area contributed by atoms with Crippen molar-refractivity contribution in [1.29, 1.82) is 0 Å². The number of furan rings is 1. The highest BCUT2D eigenvalue weighted by molar-refractivity contribution is 6.31. The molecule has 1 saturated heterocycles. The minimum atomic E-state index is -0.911. The van der Waals surface area contributed by atoms with Crippen LogP contribution in [0.4, 0.5) is 4.79 Å². The van der Waals surface area contributed by atoms with Gasteiger partial charge in [-0.2, -0.15) is 0 Å². The van der Waals surface area contributed by atoms with Gasteiger partial charge in [0.2, 0.25) is 0 Å². The fourth-order valence-electron chi connectivity index (χ4n) is 3.75. The lowest BCUT2D eigenvalue weighted by Crippen LogP contribution is -2.53. The molecule has 7 nitrogen and oxygen atoms in total. The average molecular weight is 362 g/mol. The molecule has 1 saturated carbocycles. The molecule has 1 aromatic heterocycles. The number of benzene rings is 1. The minimum absolute atomic E-state index is 0.151. The Balaban J connectivity index is 1.47. The van der Waals surface area contributed by atoms with Crippen molar-refractivity contribution in [2.45, 2.75) is 24.8 Å². The highest BCUT2D eigenvalue weighted by atomic mass is 35.5. The number of hydrogen-bond acceptors (Lipinski definition) is 4. The van der Waals surface area contributed by atoms with E-state index in [1.54, 1.807) is 24.3 Å². The fourth-order valence-corrected chi connectivity index (χ4v) is 3.93. The monoisotopic (exact) mass is 361 g/mol. The van der Waals surface area contributed by atoms with Crippen LogP contribution in [0.1, 0.15) is 29.8 Å². The third kappa shape index (κ3) is 2.64. The van der Waals surface area contributed by atoms with Gasteiger partial charge in [-0.05, 0) is 37.1 Å². The van der Waals surface area contributed by atoms with E-state index in [9.17, 15) is 14.4 Å². The van der Waals surface area contributed by atoms with Gasteiger partial charge in [-0.25, -0.2) is 4.79 Å². The van der Waals surface area contributed by atoms with Crippen LogP contribution in [0.2, 0.25) is 5.02 Å². The molecular formula is C17H16ClN3O4. The Morgan fingerprint density at radius 1 is 1.36 bits per heavy atom. The maximum Gasteiger partial charge on any atom is 0.322 e. The van der Waals surface area contributed by atoms with Crippen LogP contribution in [0.5, 0.6) is 0 Å². The molecule has 0 bridgehead atoms. The van der Waals surface area contributed by atoms with E-state index in [1.165, 1.54) is 0 Å². The molecule has 2 unspecified atom stereocenters. The molecule has 1 aliphatic heterocycles. The van der Waals surface area contributed by atoms with Crippen LogP contribution in [0.15, 0.2) is 28.7 Å². The van der Waals surface area contributed by atoms with Crippen molar-refractivity contribution in [3.63, 3.8) is 0 Å². The smallest absolute Gasteiger partial charge is 0.322 e. The maximum atomic E-state index is 12.4. The normalized spacial score (nSPS) is 25.4. The Kier molecular flexibility index (Phi) is 3.68. The summed E-state index contributed by atoms with van der Waals surface area (Å²) in [4.78, 5) is 36.0. The zero-order chi connectivity index (χ0) is 17.6. The van der Waals surface area contributed by atoms with E-state index in [0.717, 1.165) is 18.2 Å². The third-order valence-electron chi connectivity index (χ3n) is 5.00. The first-order chi connectivity index (χ1) is 12.0. The molecule has 130 valence electrons. The molecule has 0 radical (unpaired) electrons. The average Bonchev–Trinajstić information content (AvgIpc) is 3.23. The number of rotatable bonds is 3. The van der Waals surface area contributed by atoms with Gasteiger partial charge in [-0.1, -0.05) is 18.0 Å². The van der Waals surface area contributed by atoms with Gasteiger partial charge in [-0.15, -0.1) is 0 Å². The van der Waals surface area contributed by atoms with E-state index in [4.69, 9.17) is 16.0 Å². The molecule has 1 aromatic carbocycles. The van der Waals surface area contributed by atoms with Gasteiger partial charge in [0.05, 0.1) is 0 Å². The molecule has 2 aromatic rings. The molecule has 3 N–H and O–H groups in total. The van der Waals surface area contributed by atoms with E-state index >= 15 is 0 Å². The van der Waals surface area contributed by atoms with Gasteiger partial charge in [0.15, 0.2) is 5.76 Å². The lowest BCUT2D eigenvalue weighted by atomic mass is 9.87. The maximum absolute atomic E-state index is 12.4. The van der Waals surface area contributed by atoms with Gasteiger partial charge >= 0.3 is 6.03 Å². The summed E-state index contributed by atoms with van der Waals surface area (Å²) in [5.74, 6) is -0.641. The first-order valence-electron chi connectivity index (χ1n) is 8.09. The van der Waals surface area contributed by atoms with Gasteiger partial charge in [0, 0.05) is 22.9 Å². The van der Waals surface area contributed by atoms with Gasteiger partial charge in [0.1, 0.15) is 11.1 Å². The largest absolute Gasteiger partial charge is 0.451 e. The summed E-state index contributed by atoms with van der Waals surface area (Å²) in [5, 5.41) is 9.14. The van der Waals surface area contributed by atoms with Crippen LogP contribution in [-0.4, -0.2) is 29.9 Å². The molecule has 25 heavy (non-hydrogen) atoms. The number of hydrogen-bond donors (Lipinski definition) is 3. The van der Waals surface area contributed by atoms with Crippen LogP contribution in [0, 0.1) is 5.92 Å². The zero-order valence-electron chi connectivity index (χ0n) is 13.2. The van der Waals surface area contributed by atoms with Crippen LogP contribution >= 0.6 is 11.6 Å². The van der Waals surface area contributed by atoms with E-state index in [0.29, 0.717) is 17.0 Å². The van der Waals surface area contributed by atoms with E-state index in [-0.39, 0.29) is 30.0 Å². The van der Waals surface area contributed by atoms with Crippen LogP contribution in [0.3, 0.4) is 0 Å². The molecule has 2 fully saturated rings. The Hall–Kier alpha value is -2.54. The highest BCUT2D eigenvalue weighted by Gasteiger charge is 2.54. The summed E-state index contributed by atoms with van der Waals surface area (Å²) in [6, 6.07) is 6.28. The molecule has 2 aliphatic rings. The number of halogens is 1. The number of amides is 4. The quantitative estimate of drug-likeness (QED) is 0.729. The lowest BCUT2D eigenvalue weighted by molar-refractivity contribution is -0.125. The number of fused-ring (bicyclic) bond motifs is 1. The standard InChI is InChI=1S/C17H16ClN3O4/c18-11-3-4-12-9(6-11)7-13(25-12)14(22)19-8-10-2-1-5-17(10)15(23)20-16(24)21-17/h3-4,6-7,10H,1-2,5,8H2,(H,19,22)(H2,20,21,23,24). The van der Waals surface area contributed by atoms with Crippen LogP contribution in [0.25, 0.3) is 11.0 Å². The summed E-state index contributed by atoms with van der Waals surface area (Å²) in [6.07, 6.45) is 2.15.